The minimum atomic E-state index is -0.492. The van der Waals surface area contributed by atoms with E-state index in [-0.39, 0.29) is 5.69 Å². The molecule has 0 saturated carbocycles. The van der Waals surface area contributed by atoms with Gasteiger partial charge in [0, 0.05) is 24.7 Å². The predicted octanol–water partition coefficient (Wildman–Crippen LogP) is 1.58. The van der Waals surface area contributed by atoms with Gasteiger partial charge < -0.3 is 10.2 Å². The lowest BCUT2D eigenvalue weighted by Crippen LogP contribution is -2.23. The highest BCUT2D eigenvalue weighted by molar-refractivity contribution is 5.61. The van der Waals surface area contributed by atoms with E-state index in [9.17, 15) is 10.1 Å². The van der Waals surface area contributed by atoms with Crippen molar-refractivity contribution < 1.29 is 4.92 Å². The Labute approximate surface area is 105 Å². The summed E-state index contributed by atoms with van der Waals surface area (Å²) in [4.78, 5) is 12.3. The number of hydrogen-bond donors (Lipinski definition) is 1. The first kappa shape index (κ1) is 12.3. The number of nitrogens with zero attached hydrogens (tertiary/aromatic N) is 3. The number of nitriles is 1. The summed E-state index contributed by atoms with van der Waals surface area (Å²) in [5.74, 6) is 0. The SMILES string of the molecule is CN1CCC(Nc2ccc([N+](=O)[O-])cc2C#N)C1. The molecule has 1 fully saturated rings. The van der Waals surface area contributed by atoms with E-state index in [0.29, 0.717) is 17.3 Å². The van der Waals surface area contributed by atoms with E-state index in [4.69, 9.17) is 5.26 Å². The highest BCUT2D eigenvalue weighted by Gasteiger charge is 2.20. The van der Waals surface area contributed by atoms with Gasteiger partial charge in [0.05, 0.1) is 16.2 Å². The van der Waals surface area contributed by atoms with Crippen molar-refractivity contribution in [2.24, 2.45) is 0 Å². The maximum atomic E-state index is 10.6. The van der Waals surface area contributed by atoms with Gasteiger partial charge in [0.1, 0.15) is 6.07 Å². The van der Waals surface area contributed by atoms with Crippen LogP contribution in [0.25, 0.3) is 0 Å². The molecule has 1 saturated heterocycles. The van der Waals surface area contributed by atoms with Gasteiger partial charge in [0.25, 0.3) is 5.69 Å². The highest BCUT2D eigenvalue weighted by Crippen LogP contribution is 2.23. The number of rotatable bonds is 3. The Bertz CT molecular complexity index is 509. The molecule has 1 aromatic rings. The van der Waals surface area contributed by atoms with Crippen LogP contribution in [0.5, 0.6) is 0 Å². The number of nitrogens with one attached hydrogen (secondary N) is 1. The Kier molecular flexibility index (Phi) is 3.44. The average Bonchev–Trinajstić information content (AvgIpc) is 2.75. The number of nitro benzene ring substituents is 1. The number of nitro groups is 1. The van der Waals surface area contributed by atoms with E-state index in [0.717, 1.165) is 19.5 Å². The molecule has 0 spiro atoms. The fourth-order valence-corrected chi connectivity index (χ4v) is 2.14. The Hall–Kier alpha value is -2.13. The lowest BCUT2D eigenvalue weighted by Gasteiger charge is -2.15. The molecule has 6 heteroatoms. The van der Waals surface area contributed by atoms with Gasteiger partial charge in [-0.1, -0.05) is 0 Å². The van der Waals surface area contributed by atoms with Crippen molar-refractivity contribution in [2.45, 2.75) is 12.5 Å². The first-order valence-electron chi connectivity index (χ1n) is 5.74. The van der Waals surface area contributed by atoms with Crippen molar-refractivity contribution in [1.82, 2.24) is 4.90 Å². The van der Waals surface area contributed by atoms with E-state index >= 15 is 0 Å². The van der Waals surface area contributed by atoms with E-state index < -0.39 is 4.92 Å². The van der Waals surface area contributed by atoms with E-state index in [1.54, 1.807) is 6.07 Å². The van der Waals surface area contributed by atoms with Crippen molar-refractivity contribution >= 4 is 11.4 Å². The van der Waals surface area contributed by atoms with E-state index in [2.05, 4.69) is 10.2 Å². The summed E-state index contributed by atoms with van der Waals surface area (Å²) < 4.78 is 0. The molecule has 1 heterocycles. The van der Waals surface area contributed by atoms with Crippen LogP contribution in [0.1, 0.15) is 12.0 Å². The standard InChI is InChI=1S/C12H14N4O2/c1-15-5-4-10(8-15)14-12-3-2-11(16(17)18)6-9(12)7-13/h2-3,6,10,14H,4-5,8H2,1H3. The van der Waals surface area contributed by atoms with Gasteiger partial charge in [-0.25, -0.2) is 0 Å². The molecule has 1 unspecified atom stereocenters. The summed E-state index contributed by atoms with van der Waals surface area (Å²) in [6, 6.07) is 6.62. The summed E-state index contributed by atoms with van der Waals surface area (Å²) in [5, 5.41) is 22.9. The fourth-order valence-electron chi connectivity index (χ4n) is 2.14. The van der Waals surface area contributed by atoms with Crippen LogP contribution in [0.3, 0.4) is 0 Å². The van der Waals surface area contributed by atoms with E-state index in [1.165, 1.54) is 12.1 Å². The number of non-ortho nitro benzene ring substituents is 1. The number of likely N-dealkylation sites (tertiary alicyclic amines) is 1. The van der Waals surface area contributed by atoms with Crippen molar-refractivity contribution in [2.75, 3.05) is 25.5 Å². The largest absolute Gasteiger partial charge is 0.380 e. The van der Waals surface area contributed by atoms with Crippen molar-refractivity contribution in [1.29, 1.82) is 5.26 Å². The summed E-state index contributed by atoms with van der Waals surface area (Å²) in [6.07, 6.45) is 1.01. The average molecular weight is 246 g/mol. The van der Waals surface area contributed by atoms with Gasteiger partial charge in [-0.15, -0.1) is 0 Å². The van der Waals surface area contributed by atoms with Crippen molar-refractivity contribution in [3.63, 3.8) is 0 Å². The molecule has 1 atom stereocenters. The molecular weight excluding hydrogens is 232 g/mol. The summed E-state index contributed by atoms with van der Waals surface area (Å²) in [7, 11) is 2.04. The number of benzene rings is 1. The lowest BCUT2D eigenvalue weighted by atomic mass is 10.1. The molecule has 0 bridgehead atoms. The second kappa shape index (κ2) is 5.02. The molecule has 94 valence electrons. The van der Waals surface area contributed by atoms with Crippen molar-refractivity contribution in [3.8, 4) is 6.07 Å². The molecule has 1 aliphatic rings. The maximum absolute atomic E-state index is 10.6. The smallest absolute Gasteiger partial charge is 0.270 e. The molecule has 1 N–H and O–H groups in total. The third-order valence-electron chi connectivity index (χ3n) is 3.09. The number of likely N-dealkylation sites (N-methyl/N-ethyl adjacent to an activating group) is 1. The van der Waals surface area contributed by atoms with Crippen LogP contribution in [0.4, 0.5) is 11.4 Å². The molecule has 0 aliphatic carbocycles. The zero-order valence-electron chi connectivity index (χ0n) is 10.1. The summed E-state index contributed by atoms with van der Waals surface area (Å²) in [6.45, 7) is 1.94. The minimum Gasteiger partial charge on any atom is -0.380 e. The van der Waals surface area contributed by atoms with Crippen LogP contribution < -0.4 is 5.32 Å². The van der Waals surface area contributed by atoms with Gasteiger partial charge in [0.2, 0.25) is 0 Å². The lowest BCUT2D eigenvalue weighted by molar-refractivity contribution is -0.384. The Morgan fingerprint density at radius 2 is 2.39 bits per heavy atom. The molecule has 18 heavy (non-hydrogen) atoms. The zero-order valence-corrected chi connectivity index (χ0v) is 10.1. The molecule has 0 amide bonds. The third-order valence-corrected chi connectivity index (χ3v) is 3.09. The van der Waals surface area contributed by atoms with Gasteiger partial charge in [-0.2, -0.15) is 5.26 Å². The minimum absolute atomic E-state index is 0.0550. The Balaban J connectivity index is 2.18. The Morgan fingerprint density at radius 3 is 2.94 bits per heavy atom. The second-order valence-electron chi connectivity index (χ2n) is 4.49. The van der Waals surface area contributed by atoms with Crippen LogP contribution in [0.2, 0.25) is 0 Å². The van der Waals surface area contributed by atoms with Gasteiger partial charge in [-0.05, 0) is 26.1 Å². The normalized spacial score (nSPS) is 19.4. The summed E-state index contributed by atoms with van der Waals surface area (Å²) >= 11 is 0. The second-order valence-corrected chi connectivity index (χ2v) is 4.49. The monoisotopic (exact) mass is 246 g/mol. The van der Waals surface area contributed by atoms with Crippen molar-refractivity contribution in [3.05, 3.63) is 33.9 Å². The molecular formula is C12H14N4O2. The number of hydrogen-bond acceptors (Lipinski definition) is 5. The van der Waals surface area contributed by atoms with Gasteiger partial charge >= 0.3 is 0 Å². The van der Waals surface area contributed by atoms with Gasteiger partial charge in [-0.3, -0.25) is 10.1 Å². The summed E-state index contributed by atoms with van der Waals surface area (Å²) in [5.41, 5.74) is 0.933. The highest BCUT2D eigenvalue weighted by atomic mass is 16.6. The quantitative estimate of drug-likeness (QED) is 0.646. The van der Waals surface area contributed by atoms with Gasteiger partial charge in [0.15, 0.2) is 0 Å². The van der Waals surface area contributed by atoms with Crippen LogP contribution in [-0.4, -0.2) is 36.0 Å². The van der Waals surface area contributed by atoms with Crippen LogP contribution in [-0.2, 0) is 0 Å². The third kappa shape index (κ3) is 2.57. The molecule has 1 aliphatic heterocycles. The molecule has 2 rings (SSSR count). The molecule has 0 radical (unpaired) electrons. The number of anilines is 1. The predicted molar refractivity (Wildman–Crippen MR) is 67.3 cm³/mol. The van der Waals surface area contributed by atoms with Crippen LogP contribution in [0, 0.1) is 21.4 Å². The zero-order chi connectivity index (χ0) is 13.1. The van der Waals surface area contributed by atoms with Crippen LogP contribution >= 0.6 is 0 Å². The molecule has 1 aromatic carbocycles. The fraction of sp³-hybridized carbons (Fsp3) is 0.417. The topological polar surface area (TPSA) is 82.2 Å². The van der Waals surface area contributed by atoms with E-state index in [1.807, 2.05) is 13.1 Å². The first-order chi connectivity index (χ1) is 8.60. The maximum Gasteiger partial charge on any atom is 0.270 e. The molecule has 6 nitrogen and oxygen atoms in total. The molecule has 0 aromatic heterocycles. The first-order valence-corrected chi connectivity index (χ1v) is 5.74. The Morgan fingerprint density at radius 1 is 1.61 bits per heavy atom. The van der Waals surface area contributed by atoms with Crippen LogP contribution in [0.15, 0.2) is 18.2 Å².